The van der Waals surface area contributed by atoms with Crippen molar-refractivity contribution >= 4 is 35.2 Å². The quantitative estimate of drug-likeness (QED) is 0.148. The Balaban J connectivity index is 0.00000189. The summed E-state index contributed by atoms with van der Waals surface area (Å²) in [6, 6.07) is 21.6. The second-order valence-electron chi connectivity index (χ2n) is 9.32. The van der Waals surface area contributed by atoms with Gasteiger partial charge in [-0.1, -0.05) is 54.6 Å². The van der Waals surface area contributed by atoms with E-state index in [-0.39, 0.29) is 11.0 Å². The summed E-state index contributed by atoms with van der Waals surface area (Å²) < 4.78 is 21.0. The standard InChI is InChI=1S/C32H26ClFN2O3.CH3Cl/c1-2-25(33)6-4-7-26-21-36(27-13-9-23(10-14-27)30(37)38)31(35-26)32(17-18-32)24-11-15-28(16-12-24)39-29-8-3-5-22(19-29)20-34;1-2/h2-16,19,21H,1,17-18,20H2,(H,37,38);1H3/b7-4+,25-6+;. The Bertz CT molecular complexity index is 1570. The summed E-state index contributed by atoms with van der Waals surface area (Å²) in [5.41, 5.74) is 3.16. The molecule has 0 saturated heterocycles. The lowest BCUT2D eigenvalue weighted by atomic mass is 9.94. The molecule has 210 valence electrons. The van der Waals surface area contributed by atoms with Crippen LogP contribution in [-0.4, -0.2) is 27.0 Å². The molecule has 0 spiro atoms. The number of nitrogens with zero attached hydrogens (tertiary/aromatic N) is 2. The highest BCUT2D eigenvalue weighted by Gasteiger charge is 2.49. The Labute approximate surface area is 248 Å². The molecule has 0 atom stereocenters. The number of hydrogen-bond acceptors (Lipinski definition) is 3. The van der Waals surface area contributed by atoms with Crippen molar-refractivity contribution in [2.45, 2.75) is 24.9 Å². The molecule has 0 amide bonds. The second kappa shape index (κ2) is 13.5. The van der Waals surface area contributed by atoms with E-state index in [1.54, 1.807) is 60.7 Å². The van der Waals surface area contributed by atoms with E-state index in [1.165, 1.54) is 6.38 Å². The summed E-state index contributed by atoms with van der Waals surface area (Å²) in [6.45, 7) is 3.11. The first-order valence-electron chi connectivity index (χ1n) is 12.8. The van der Waals surface area contributed by atoms with Gasteiger partial charge in [0.25, 0.3) is 0 Å². The van der Waals surface area contributed by atoms with E-state index in [4.69, 9.17) is 21.3 Å². The fraction of sp³-hybridized carbons (Fsp3) is 0.152. The number of benzene rings is 3. The van der Waals surface area contributed by atoms with Gasteiger partial charge in [0.2, 0.25) is 0 Å². The number of allylic oxidation sites excluding steroid dienone is 4. The molecule has 1 aliphatic rings. The van der Waals surface area contributed by atoms with Crippen LogP contribution in [0.25, 0.3) is 11.8 Å². The maximum Gasteiger partial charge on any atom is 0.335 e. The largest absolute Gasteiger partial charge is 0.478 e. The Hall–Kier alpha value is -4.13. The molecule has 4 aromatic rings. The van der Waals surface area contributed by atoms with Gasteiger partial charge in [-0.2, -0.15) is 0 Å². The number of alkyl halides is 2. The molecular formula is C33H29Cl2FN2O3. The van der Waals surface area contributed by atoms with Gasteiger partial charge in [0.15, 0.2) is 0 Å². The molecule has 3 aromatic carbocycles. The van der Waals surface area contributed by atoms with Crippen molar-refractivity contribution in [3.8, 4) is 17.2 Å². The first-order valence-corrected chi connectivity index (χ1v) is 14.0. The number of carboxylic acids is 1. The van der Waals surface area contributed by atoms with Crippen LogP contribution in [0.2, 0.25) is 0 Å². The van der Waals surface area contributed by atoms with Crippen LogP contribution >= 0.6 is 23.2 Å². The fourth-order valence-corrected chi connectivity index (χ4v) is 4.59. The zero-order valence-electron chi connectivity index (χ0n) is 22.4. The van der Waals surface area contributed by atoms with E-state index in [0.29, 0.717) is 22.1 Å². The topological polar surface area (TPSA) is 64.4 Å². The summed E-state index contributed by atoms with van der Waals surface area (Å²) in [5, 5.41) is 9.84. The van der Waals surface area contributed by atoms with E-state index >= 15 is 0 Å². The van der Waals surface area contributed by atoms with Crippen LogP contribution in [-0.2, 0) is 12.1 Å². The Morgan fingerprint density at radius 3 is 2.41 bits per heavy atom. The molecule has 8 heteroatoms. The summed E-state index contributed by atoms with van der Waals surface area (Å²) in [7, 11) is 0. The maximum absolute atomic E-state index is 13.0. The molecule has 1 aromatic heterocycles. The molecule has 1 saturated carbocycles. The van der Waals surface area contributed by atoms with Crippen LogP contribution in [0.1, 0.15) is 45.8 Å². The molecule has 0 bridgehead atoms. The highest BCUT2D eigenvalue weighted by atomic mass is 35.5. The highest BCUT2D eigenvalue weighted by molar-refractivity contribution is 6.31. The monoisotopic (exact) mass is 590 g/mol. The average molecular weight is 592 g/mol. The zero-order chi connectivity index (χ0) is 29.4. The van der Waals surface area contributed by atoms with Gasteiger partial charge >= 0.3 is 5.97 Å². The van der Waals surface area contributed by atoms with Crippen molar-refractivity contribution in [3.63, 3.8) is 0 Å². The van der Waals surface area contributed by atoms with Crippen LogP contribution in [0.15, 0.2) is 109 Å². The van der Waals surface area contributed by atoms with Gasteiger partial charge in [0.1, 0.15) is 24.0 Å². The van der Waals surface area contributed by atoms with E-state index in [0.717, 1.165) is 35.6 Å². The number of halogens is 3. The number of imidazole rings is 1. The predicted octanol–water partition coefficient (Wildman–Crippen LogP) is 9.09. The molecule has 1 heterocycles. The van der Waals surface area contributed by atoms with Gasteiger partial charge in [-0.15, -0.1) is 11.6 Å². The second-order valence-corrected chi connectivity index (χ2v) is 9.75. The van der Waals surface area contributed by atoms with Crippen molar-refractivity contribution < 1.29 is 19.0 Å². The van der Waals surface area contributed by atoms with Crippen LogP contribution < -0.4 is 4.74 Å². The lowest BCUT2D eigenvalue weighted by molar-refractivity contribution is 0.0697. The van der Waals surface area contributed by atoms with Gasteiger partial charge < -0.3 is 14.4 Å². The summed E-state index contributed by atoms with van der Waals surface area (Å²) >= 11 is 10.7. The van der Waals surface area contributed by atoms with Crippen LogP contribution in [0.3, 0.4) is 0 Å². The lowest BCUT2D eigenvalue weighted by Gasteiger charge is -2.18. The number of ether oxygens (including phenoxy) is 1. The third-order valence-corrected chi connectivity index (χ3v) is 6.99. The molecule has 1 fully saturated rings. The molecule has 0 radical (unpaired) electrons. The number of hydrogen-bond donors (Lipinski definition) is 1. The van der Waals surface area contributed by atoms with Crippen molar-refractivity contribution in [3.05, 3.63) is 137 Å². The molecule has 5 rings (SSSR count). The minimum atomic E-state index is -0.973. The Kier molecular flexibility index (Phi) is 9.82. The SMILES string of the molecule is C=C/C(Cl)=C\C=C\c1cn(-c2ccc(C(=O)O)cc2)c(C2(c3ccc(Oc4cccc(CF)c4)cc3)CC2)n1.CCl. The molecular weight excluding hydrogens is 562 g/mol. The first-order chi connectivity index (χ1) is 19.9. The summed E-state index contributed by atoms with van der Waals surface area (Å²) in [6.07, 6.45) is 12.2. The minimum absolute atomic E-state index is 0.221. The molecule has 0 unspecified atom stereocenters. The molecule has 5 nitrogen and oxygen atoms in total. The third-order valence-electron chi connectivity index (χ3n) is 6.71. The van der Waals surface area contributed by atoms with Crippen molar-refractivity contribution in [2.24, 2.45) is 0 Å². The molecule has 1 aliphatic carbocycles. The van der Waals surface area contributed by atoms with Crippen LogP contribution in [0.5, 0.6) is 11.5 Å². The summed E-state index contributed by atoms with van der Waals surface area (Å²) in [5.74, 6) is 1.14. The molecule has 1 N–H and O–H groups in total. The minimum Gasteiger partial charge on any atom is -0.478 e. The van der Waals surface area contributed by atoms with Crippen molar-refractivity contribution in [1.82, 2.24) is 9.55 Å². The van der Waals surface area contributed by atoms with Gasteiger partial charge in [-0.25, -0.2) is 14.2 Å². The fourth-order valence-electron chi connectivity index (χ4n) is 4.52. The van der Waals surface area contributed by atoms with Gasteiger partial charge in [0.05, 0.1) is 16.7 Å². The lowest BCUT2D eigenvalue weighted by Crippen LogP contribution is -2.15. The normalized spacial score (nSPS) is 13.8. The molecule has 41 heavy (non-hydrogen) atoms. The average Bonchev–Trinajstić information content (AvgIpc) is 3.71. The molecule has 0 aliphatic heterocycles. The van der Waals surface area contributed by atoms with E-state index in [1.807, 2.05) is 47.2 Å². The third kappa shape index (κ3) is 6.96. The van der Waals surface area contributed by atoms with E-state index < -0.39 is 12.6 Å². The number of carbonyl (C=O) groups is 1. The Morgan fingerprint density at radius 1 is 1.10 bits per heavy atom. The van der Waals surface area contributed by atoms with Crippen LogP contribution in [0.4, 0.5) is 4.39 Å². The maximum atomic E-state index is 13.0. The number of carboxylic acid groups (broad SMARTS) is 1. The van der Waals surface area contributed by atoms with Gasteiger partial charge in [-0.05, 0) is 84.7 Å². The predicted molar refractivity (Wildman–Crippen MR) is 163 cm³/mol. The van der Waals surface area contributed by atoms with E-state index in [2.05, 4.69) is 18.2 Å². The van der Waals surface area contributed by atoms with E-state index in [9.17, 15) is 14.3 Å². The van der Waals surface area contributed by atoms with Crippen LogP contribution in [0, 0.1) is 0 Å². The van der Waals surface area contributed by atoms with Crippen molar-refractivity contribution in [2.75, 3.05) is 6.38 Å². The van der Waals surface area contributed by atoms with Crippen molar-refractivity contribution in [1.29, 1.82) is 0 Å². The van der Waals surface area contributed by atoms with Gasteiger partial charge in [0, 0.05) is 23.3 Å². The highest BCUT2D eigenvalue weighted by Crippen LogP contribution is 2.53. The Morgan fingerprint density at radius 2 is 1.80 bits per heavy atom. The smallest absolute Gasteiger partial charge is 0.335 e. The van der Waals surface area contributed by atoms with Gasteiger partial charge in [-0.3, -0.25) is 0 Å². The summed E-state index contributed by atoms with van der Waals surface area (Å²) in [4.78, 5) is 16.4. The zero-order valence-corrected chi connectivity index (χ0v) is 23.9. The number of rotatable bonds is 10. The number of aromatic nitrogens is 2. The number of aromatic carboxylic acids is 1. The first kappa shape index (κ1) is 29.8.